The standard InChI is InChI=1S/C6H12N2/c1-3-6-7-4-5-8(6)2/h4,6H,3,5H2,1-2H3. The molecular weight excluding hydrogens is 100 g/mol. The fourth-order valence-electron chi connectivity index (χ4n) is 0.950. The predicted octanol–water partition coefficient (Wildman–Crippen LogP) is 0.739. The third kappa shape index (κ3) is 0.892. The third-order valence-electron chi connectivity index (χ3n) is 1.52. The molecule has 0 saturated heterocycles. The zero-order valence-electron chi connectivity index (χ0n) is 5.46. The lowest BCUT2D eigenvalue weighted by atomic mass is 10.4. The topological polar surface area (TPSA) is 15.6 Å². The van der Waals surface area contributed by atoms with Gasteiger partial charge >= 0.3 is 0 Å². The van der Waals surface area contributed by atoms with Gasteiger partial charge in [0.1, 0.15) is 6.17 Å². The summed E-state index contributed by atoms with van der Waals surface area (Å²) in [4.78, 5) is 6.47. The molecule has 0 aliphatic carbocycles. The van der Waals surface area contributed by atoms with Crippen molar-refractivity contribution in [2.24, 2.45) is 4.99 Å². The maximum atomic E-state index is 4.24. The van der Waals surface area contributed by atoms with E-state index in [1.54, 1.807) is 0 Å². The Morgan fingerprint density at radius 1 is 1.88 bits per heavy atom. The van der Waals surface area contributed by atoms with E-state index in [-0.39, 0.29) is 0 Å². The van der Waals surface area contributed by atoms with Crippen LogP contribution in [0.15, 0.2) is 4.99 Å². The molecule has 1 unspecified atom stereocenters. The van der Waals surface area contributed by atoms with Crippen molar-refractivity contribution in [3.63, 3.8) is 0 Å². The summed E-state index contributed by atoms with van der Waals surface area (Å²) in [5, 5.41) is 0. The maximum Gasteiger partial charge on any atom is 0.101 e. The van der Waals surface area contributed by atoms with Crippen molar-refractivity contribution in [2.75, 3.05) is 13.6 Å². The number of hydrogen-bond donors (Lipinski definition) is 0. The zero-order chi connectivity index (χ0) is 5.98. The highest BCUT2D eigenvalue weighted by molar-refractivity contribution is 5.61. The number of nitrogens with zero attached hydrogens (tertiary/aromatic N) is 2. The van der Waals surface area contributed by atoms with Crippen LogP contribution in [0.25, 0.3) is 0 Å². The fraction of sp³-hybridized carbons (Fsp3) is 0.833. The first kappa shape index (κ1) is 5.76. The normalized spacial score (nSPS) is 29.5. The fourth-order valence-corrected chi connectivity index (χ4v) is 0.950. The molecule has 0 fully saturated rings. The minimum absolute atomic E-state index is 0.468. The predicted molar refractivity (Wildman–Crippen MR) is 35.2 cm³/mol. The van der Waals surface area contributed by atoms with E-state index in [9.17, 15) is 0 Å². The van der Waals surface area contributed by atoms with Gasteiger partial charge < -0.3 is 0 Å². The molecule has 1 rings (SSSR count). The van der Waals surface area contributed by atoms with Crippen molar-refractivity contribution in [2.45, 2.75) is 19.5 Å². The first-order valence-electron chi connectivity index (χ1n) is 3.06. The number of hydrogen-bond acceptors (Lipinski definition) is 2. The molecule has 2 heteroatoms. The molecule has 8 heavy (non-hydrogen) atoms. The van der Waals surface area contributed by atoms with Crippen LogP contribution in [0.5, 0.6) is 0 Å². The van der Waals surface area contributed by atoms with Gasteiger partial charge in [-0.05, 0) is 13.5 Å². The SMILES string of the molecule is CCC1N=CCN1C. The van der Waals surface area contributed by atoms with Crippen LogP contribution < -0.4 is 0 Å². The van der Waals surface area contributed by atoms with Gasteiger partial charge in [-0.3, -0.25) is 9.89 Å². The van der Waals surface area contributed by atoms with Crippen LogP contribution in [0.1, 0.15) is 13.3 Å². The Morgan fingerprint density at radius 2 is 2.62 bits per heavy atom. The van der Waals surface area contributed by atoms with Crippen LogP contribution >= 0.6 is 0 Å². The molecule has 0 aromatic rings. The molecule has 0 radical (unpaired) electrons. The van der Waals surface area contributed by atoms with Gasteiger partial charge in [-0.15, -0.1) is 0 Å². The minimum atomic E-state index is 0.468. The molecule has 0 saturated carbocycles. The molecule has 46 valence electrons. The Morgan fingerprint density at radius 3 is 2.88 bits per heavy atom. The van der Waals surface area contributed by atoms with Gasteiger partial charge in [-0.1, -0.05) is 6.92 Å². The quantitative estimate of drug-likeness (QED) is 0.488. The van der Waals surface area contributed by atoms with Crippen molar-refractivity contribution in [3.05, 3.63) is 0 Å². The molecule has 1 aliphatic heterocycles. The van der Waals surface area contributed by atoms with E-state index in [2.05, 4.69) is 23.9 Å². The lowest BCUT2D eigenvalue weighted by molar-refractivity contribution is 0.299. The number of aliphatic imine (C=N–C) groups is 1. The second-order valence-electron chi connectivity index (χ2n) is 2.16. The summed E-state index contributed by atoms with van der Waals surface area (Å²) in [5.41, 5.74) is 0. The van der Waals surface area contributed by atoms with E-state index in [1.807, 2.05) is 6.21 Å². The summed E-state index contributed by atoms with van der Waals surface area (Å²) < 4.78 is 0. The molecule has 0 aromatic heterocycles. The Balaban J connectivity index is 2.41. The van der Waals surface area contributed by atoms with Gasteiger partial charge in [-0.25, -0.2) is 0 Å². The molecule has 0 bridgehead atoms. The van der Waals surface area contributed by atoms with Crippen molar-refractivity contribution >= 4 is 6.21 Å². The van der Waals surface area contributed by atoms with Crippen molar-refractivity contribution in [1.82, 2.24) is 4.90 Å². The van der Waals surface area contributed by atoms with Gasteiger partial charge in [0.2, 0.25) is 0 Å². The van der Waals surface area contributed by atoms with E-state index in [4.69, 9.17) is 0 Å². The summed E-state index contributed by atoms with van der Waals surface area (Å²) in [6.07, 6.45) is 3.58. The van der Waals surface area contributed by atoms with Gasteiger partial charge in [0.05, 0.1) is 0 Å². The van der Waals surface area contributed by atoms with Gasteiger partial charge in [-0.2, -0.15) is 0 Å². The van der Waals surface area contributed by atoms with Crippen LogP contribution in [-0.4, -0.2) is 30.9 Å². The maximum absolute atomic E-state index is 4.24. The summed E-state index contributed by atoms with van der Waals surface area (Å²) >= 11 is 0. The van der Waals surface area contributed by atoms with E-state index in [0.717, 1.165) is 13.0 Å². The van der Waals surface area contributed by atoms with Crippen LogP contribution in [0, 0.1) is 0 Å². The lowest BCUT2D eigenvalue weighted by Gasteiger charge is -2.14. The largest absolute Gasteiger partial charge is 0.280 e. The highest BCUT2D eigenvalue weighted by atomic mass is 15.2. The molecule has 2 nitrogen and oxygen atoms in total. The summed E-state index contributed by atoms with van der Waals surface area (Å²) in [7, 11) is 2.10. The Bertz CT molecular complexity index is 98.7. The van der Waals surface area contributed by atoms with E-state index in [0.29, 0.717) is 6.17 Å². The van der Waals surface area contributed by atoms with Gasteiger partial charge in [0.25, 0.3) is 0 Å². The second kappa shape index (κ2) is 2.27. The van der Waals surface area contributed by atoms with Gasteiger partial charge in [0.15, 0.2) is 0 Å². The van der Waals surface area contributed by atoms with Crippen LogP contribution in [-0.2, 0) is 0 Å². The molecule has 1 heterocycles. The molecule has 0 amide bonds. The number of rotatable bonds is 1. The first-order valence-corrected chi connectivity index (χ1v) is 3.06. The van der Waals surface area contributed by atoms with Crippen molar-refractivity contribution in [1.29, 1.82) is 0 Å². The minimum Gasteiger partial charge on any atom is -0.280 e. The highest BCUT2D eigenvalue weighted by Crippen LogP contribution is 2.05. The average Bonchev–Trinajstić information content (AvgIpc) is 2.14. The van der Waals surface area contributed by atoms with E-state index >= 15 is 0 Å². The summed E-state index contributed by atoms with van der Waals surface area (Å²) in [5.74, 6) is 0. The molecule has 1 atom stereocenters. The van der Waals surface area contributed by atoms with Gasteiger partial charge in [0, 0.05) is 12.8 Å². The Labute approximate surface area is 50.2 Å². The van der Waals surface area contributed by atoms with E-state index < -0.39 is 0 Å². The van der Waals surface area contributed by atoms with Crippen LogP contribution in [0.2, 0.25) is 0 Å². The second-order valence-corrected chi connectivity index (χ2v) is 2.16. The average molecular weight is 112 g/mol. The monoisotopic (exact) mass is 112 g/mol. The Hall–Kier alpha value is -0.370. The first-order chi connectivity index (χ1) is 3.84. The molecule has 0 aromatic carbocycles. The van der Waals surface area contributed by atoms with Crippen LogP contribution in [0.4, 0.5) is 0 Å². The van der Waals surface area contributed by atoms with E-state index in [1.165, 1.54) is 0 Å². The molecular formula is C6H12N2. The molecule has 0 spiro atoms. The Kier molecular flexibility index (Phi) is 1.63. The zero-order valence-corrected chi connectivity index (χ0v) is 5.46. The third-order valence-corrected chi connectivity index (χ3v) is 1.52. The summed E-state index contributed by atoms with van der Waals surface area (Å²) in [6, 6.07) is 0. The molecule has 0 N–H and O–H groups in total. The highest BCUT2D eigenvalue weighted by Gasteiger charge is 2.12. The van der Waals surface area contributed by atoms with Crippen molar-refractivity contribution in [3.8, 4) is 0 Å². The summed E-state index contributed by atoms with van der Waals surface area (Å²) in [6.45, 7) is 3.18. The van der Waals surface area contributed by atoms with Crippen molar-refractivity contribution < 1.29 is 0 Å². The van der Waals surface area contributed by atoms with Crippen LogP contribution in [0.3, 0.4) is 0 Å². The smallest absolute Gasteiger partial charge is 0.101 e. The molecule has 1 aliphatic rings. The lowest BCUT2D eigenvalue weighted by Crippen LogP contribution is -2.24.